The van der Waals surface area contributed by atoms with Gasteiger partial charge in [-0.3, -0.25) is 9.48 Å². The number of nitrogens with zero attached hydrogens (tertiary/aromatic N) is 2. The molecule has 0 saturated heterocycles. The predicted octanol–water partition coefficient (Wildman–Crippen LogP) is 0.419. The Morgan fingerprint density at radius 1 is 1.67 bits per heavy atom. The molecular weight excluding hydrogens is 192 g/mol. The fourth-order valence-corrected chi connectivity index (χ4v) is 1.44. The van der Waals surface area contributed by atoms with Crippen LogP contribution in [0.4, 0.5) is 5.82 Å². The van der Waals surface area contributed by atoms with Gasteiger partial charge in [0.2, 0.25) is 5.91 Å². The van der Waals surface area contributed by atoms with E-state index in [4.69, 9.17) is 0 Å². The number of amides is 1. The average Bonchev–Trinajstić information content (AvgIpc) is 2.92. The molecule has 2 rings (SSSR count). The maximum atomic E-state index is 11.5. The van der Waals surface area contributed by atoms with Gasteiger partial charge in [-0.05, 0) is 19.8 Å². The Labute approximate surface area is 88.8 Å². The summed E-state index contributed by atoms with van der Waals surface area (Å²) in [4.78, 5) is 11.5. The van der Waals surface area contributed by atoms with Gasteiger partial charge in [0.1, 0.15) is 5.82 Å². The molecule has 1 aromatic heterocycles. The highest BCUT2D eigenvalue weighted by Gasteiger charge is 2.21. The van der Waals surface area contributed by atoms with Crippen molar-refractivity contribution in [2.24, 2.45) is 7.05 Å². The Morgan fingerprint density at radius 2 is 2.40 bits per heavy atom. The normalized spacial score (nSPS) is 15.3. The first-order chi connectivity index (χ1) is 7.15. The quantitative estimate of drug-likeness (QED) is 0.754. The molecule has 0 unspecified atom stereocenters. The molecule has 1 saturated carbocycles. The van der Waals surface area contributed by atoms with Crippen LogP contribution < -0.4 is 10.6 Å². The van der Waals surface area contributed by atoms with Crippen molar-refractivity contribution < 1.29 is 4.79 Å². The maximum absolute atomic E-state index is 11.5. The van der Waals surface area contributed by atoms with E-state index in [9.17, 15) is 4.79 Å². The lowest BCUT2D eigenvalue weighted by molar-refractivity contribution is -0.115. The first-order valence-corrected chi connectivity index (χ1v) is 5.19. The molecule has 1 aliphatic rings. The Balaban J connectivity index is 1.84. The largest absolute Gasteiger partial charge is 0.310 e. The Bertz CT molecular complexity index is 367. The fourth-order valence-electron chi connectivity index (χ4n) is 1.44. The smallest absolute Gasteiger partial charge is 0.239 e. The summed E-state index contributed by atoms with van der Waals surface area (Å²) in [5, 5.41) is 10.1. The fraction of sp³-hybridized carbons (Fsp3) is 0.600. The number of hydrogen-bond acceptors (Lipinski definition) is 3. The van der Waals surface area contributed by atoms with Crippen molar-refractivity contribution in [2.75, 3.05) is 11.9 Å². The van der Waals surface area contributed by atoms with Crippen LogP contribution in [0.25, 0.3) is 0 Å². The highest BCUT2D eigenvalue weighted by molar-refractivity contribution is 5.91. The summed E-state index contributed by atoms with van der Waals surface area (Å²) in [5.74, 6) is 0.736. The number of aryl methyl sites for hydroxylation is 2. The van der Waals surface area contributed by atoms with E-state index in [1.807, 2.05) is 20.0 Å². The third kappa shape index (κ3) is 2.79. The number of aromatic nitrogens is 2. The van der Waals surface area contributed by atoms with Gasteiger partial charge in [-0.15, -0.1) is 0 Å². The van der Waals surface area contributed by atoms with Crippen LogP contribution >= 0.6 is 0 Å². The maximum Gasteiger partial charge on any atom is 0.239 e. The van der Waals surface area contributed by atoms with Crippen molar-refractivity contribution in [3.63, 3.8) is 0 Å². The van der Waals surface area contributed by atoms with Crippen LogP contribution in [0.2, 0.25) is 0 Å². The molecule has 1 fully saturated rings. The second-order valence-corrected chi connectivity index (χ2v) is 4.00. The summed E-state index contributed by atoms with van der Waals surface area (Å²) >= 11 is 0. The number of hydrogen-bond donors (Lipinski definition) is 2. The third-order valence-electron chi connectivity index (χ3n) is 2.40. The standard InChI is InChI=1S/C10H16N4O/c1-7-5-9(14(2)13-7)12-10(15)6-11-8-3-4-8/h5,8,11H,3-4,6H2,1-2H3,(H,12,15). The van der Waals surface area contributed by atoms with Gasteiger partial charge in [-0.25, -0.2) is 0 Å². The van der Waals surface area contributed by atoms with Crippen molar-refractivity contribution in [1.82, 2.24) is 15.1 Å². The minimum absolute atomic E-state index is 0.00935. The van der Waals surface area contributed by atoms with E-state index < -0.39 is 0 Å². The average molecular weight is 208 g/mol. The molecular formula is C10H16N4O. The molecule has 0 bridgehead atoms. The zero-order valence-electron chi connectivity index (χ0n) is 9.08. The van der Waals surface area contributed by atoms with Gasteiger partial charge in [0.25, 0.3) is 0 Å². The molecule has 5 nitrogen and oxygen atoms in total. The summed E-state index contributed by atoms with van der Waals surface area (Å²) in [7, 11) is 1.82. The van der Waals surface area contributed by atoms with E-state index in [-0.39, 0.29) is 5.91 Å². The van der Waals surface area contributed by atoms with Gasteiger partial charge in [0, 0.05) is 19.2 Å². The van der Waals surface area contributed by atoms with Crippen LogP contribution in [0.3, 0.4) is 0 Å². The molecule has 1 aromatic rings. The molecule has 1 heterocycles. The van der Waals surface area contributed by atoms with Crippen LogP contribution in [0.1, 0.15) is 18.5 Å². The number of carbonyl (C=O) groups excluding carboxylic acids is 1. The molecule has 5 heteroatoms. The monoisotopic (exact) mass is 208 g/mol. The Kier molecular flexibility index (Phi) is 2.73. The molecule has 15 heavy (non-hydrogen) atoms. The summed E-state index contributed by atoms with van der Waals surface area (Å²) in [6, 6.07) is 2.42. The molecule has 0 spiro atoms. The van der Waals surface area contributed by atoms with E-state index >= 15 is 0 Å². The predicted molar refractivity (Wildman–Crippen MR) is 57.6 cm³/mol. The number of carbonyl (C=O) groups is 1. The number of anilines is 1. The summed E-state index contributed by atoms with van der Waals surface area (Å²) in [6.07, 6.45) is 2.39. The lowest BCUT2D eigenvalue weighted by Crippen LogP contribution is -2.30. The van der Waals surface area contributed by atoms with E-state index in [2.05, 4.69) is 15.7 Å². The van der Waals surface area contributed by atoms with Crippen LogP contribution in [-0.2, 0) is 11.8 Å². The van der Waals surface area contributed by atoms with Crippen molar-refractivity contribution in [3.05, 3.63) is 11.8 Å². The zero-order chi connectivity index (χ0) is 10.8. The molecule has 1 aliphatic carbocycles. The molecule has 0 aliphatic heterocycles. The minimum atomic E-state index is -0.00935. The number of rotatable bonds is 4. The summed E-state index contributed by atoms with van der Waals surface area (Å²) in [6.45, 7) is 2.28. The van der Waals surface area contributed by atoms with Crippen LogP contribution in [0, 0.1) is 6.92 Å². The van der Waals surface area contributed by atoms with Gasteiger partial charge in [0.15, 0.2) is 0 Å². The van der Waals surface area contributed by atoms with Gasteiger partial charge in [-0.2, -0.15) is 5.10 Å². The second-order valence-electron chi connectivity index (χ2n) is 4.00. The van der Waals surface area contributed by atoms with Gasteiger partial charge in [-0.1, -0.05) is 0 Å². The second kappa shape index (κ2) is 4.02. The minimum Gasteiger partial charge on any atom is -0.310 e. The Hall–Kier alpha value is -1.36. The zero-order valence-corrected chi connectivity index (χ0v) is 9.08. The molecule has 2 N–H and O–H groups in total. The molecule has 1 amide bonds. The number of nitrogens with one attached hydrogen (secondary N) is 2. The molecule has 0 atom stereocenters. The third-order valence-corrected chi connectivity index (χ3v) is 2.40. The summed E-state index contributed by atoms with van der Waals surface area (Å²) < 4.78 is 1.67. The lowest BCUT2D eigenvalue weighted by Gasteiger charge is -2.05. The van der Waals surface area contributed by atoms with E-state index in [1.165, 1.54) is 12.8 Å². The van der Waals surface area contributed by atoms with E-state index in [0.717, 1.165) is 11.5 Å². The van der Waals surface area contributed by atoms with Gasteiger partial charge in [0.05, 0.1) is 12.2 Å². The van der Waals surface area contributed by atoms with Crippen LogP contribution in [0.5, 0.6) is 0 Å². The summed E-state index contributed by atoms with van der Waals surface area (Å²) in [5.41, 5.74) is 0.906. The highest BCUT2D eigenvalue weighted by Crippen LogP contribution is 2.18. The Morgan fingerprint density at radius 3 is 2.93 bits per heavy atom. The first-order valence-electron chi connectivity index (χ1n) is 5.19. The van der Waals surface area contributed by atoms with Crippen molar-refractivity contribution >= 4 is 11.7 Å². The molecule has 0 aromatic carbocycles. The first kappa shape index (κ1) is 10.2. The van der Waals surface area contributed by atoms with Gasteiger partial charge >= 0.3 is 0 Å². The highest BCUT2D eigenvalue weighted by atomic mass is 16.2. The van der Waals surface area contributed by atoms with Gasteiger partial charge < -0.3 is 10.6 Å². The van der Waals surface area contributed by atoms with E-state index in [1.54, 1.807) is 4.68 Å². The van der Waals surface area contributed by atoms with Crippen molar-refractivity contribution in [2.45, 2.75) is 25.8 Å². The van der Waals surface area contributed by atoms with Crippen molar-refractivity contribution in [3.8, 4) is 0 Å². The topological polar surface area (TPSA) is 59.0 Å². The van der Waals surface area contributed by atoms with E-state index in [0.29, 0.717) is 12.6 Å². The lowest BCUT2D eigenvalue weighted by atomic mass is 10.4. The van der Waals surface area contributed by atoms with Crippen LogP contribution in [0.15, 0.2) is 6.07 Å². The SMILES string of the molecule is Cc1cc(NC(=O)CNC2CC2)n(C)n1. The van der Waals surface area contributed by atoms with Crippen molar-refractivity contribution in [1.29, 1.82) is 0 Å². The molecule has 0 radical (unpaired) electrons. The van der Waals surface area contributed by atoms with Crippen LogP contribution in [-0.4, -0.2) is 28.3 Å². The molecule has 82 valence electrons.